The number of para-hydroxylation sites is 1. The van der Waals surface area contributed by atoms with E-state index < -0.39 is 17.5 Å². The van der Waals surface area contributed by atoms with Crippen molar-refractivity contribution in [2.75, 3.05) is 6.54 Å². The number of hydrogen-bond donors (Lipinski definition) is 2. The summed E-state index contributed by atoms with van der Waals surface area (Å²) in [6.07, 6.45) is -3.04. The van der Waals surface area contributed by atoms with Crippen LogP contribution in [0, 0.1) is 5.41 Å². The van der Waals surface area contributed by atoms with E-state index in [0.29, 0.717) is 5.69 Å². The Morgan fingerprint density at radius 3 is 2.25 bits per heavy atom. The molecule has 0 atom stereocenters. The predicted octanol–water partition coefficient (Wildman–Crippen LogP) is 4.51. The highest BCUT2D eigenvalue weighted by Gasteiger charge is 2.29. The van der Waals surface area contributed by atoms with Crippen molar-refractivity contribution in [2.45, 2.75) is 19.0 Å². The van der Waals surface area contributed by atoms with Crippen LogP contribution in [0.1, 0.15) is 18.4 Å². The molecule has 0 aromatic heterocycles. The molecule has 2 aromatic carbocycles. The fourth-order valence-corrected chi connectivity index (χ4v) is 2.27. The van der Waals surface area contributed by atoms with Crippen molar-refractivity contribution < 1.29 is 18.0 Å². The molecule has 0 amide bonds. The second-order valence-corrected chi connectivity index (χ2v) is 5.79. The third kappa shape index (κ3) is 6.24. The third-order valence-electron chi connectivity index (χ3n) is 3.68. The molecule has 146 valence electrons. The number of aliphatic imine (C=N–C) groups is 2. The Labute approximate surface area is 160 Å². The largest absolute Gasteiger partial charge is 0.416 e. The number of rotatable bonds is 8. The van der Waals surface area contributed by atoms with Crippen molar-refractivity contribution in [3.8, 4) is 0 Å². The molecule has 0 aliphatic heterocycles. The first-order valence-electron chi connectivity index (χ1n) is 8.46. The molecular weight excluding hydrogens is 369 g/mol. The Hall–Kier alpha value is -3.13. The number of nitrogens with zero attached hydrogens (tertiary/aromatic N) is 2. The van der Waals surface area contributed by atoms with Gasteiger partial charge in [0.2, 0.25) is 0 Å². The highest BCUT2D eigenvalue weighted by atomic mass is 19.4. The quantitative estimate of drug-likeness (QED) is 0.652. The van der Waals surface area contributed by atoms with E-state index in [1.165, 1.54) is 18.3 Å². The lowest BCUT2D eigenvalue weighted by Gasteiger charge is -2.06. The lowest BCUT2D eigenvalue weighted by molar-refractivity contribution is -0.137. The number of nitrogens with two attached hydrogens (primary N) is 1. The Bertz CT molecular complexity index is 873. The van der Waals surface area contributed by atoms with Crippen LogP contribution in [0.2, 0.25) is 0 Å². The van der Waals surface area contributed by atoms with Gasteiger partial charge in [0.15, 0.2) is 5.78 Å². The fourth-order valence-electron chi connectivity index (χ4n) is 2.27. The topological polar surface area (TPSA) is 91.7 Å². The Morgan fingerprint density at radius 2 is 1.68 bits per heavy atom. The van der Waals surface area contributed by atoms with Crippen molar-refractivity contribution in [1.29, 1.82) is 5.41 Å². The maximum Gasteiger partial charge on any atom is 0.416 e. The summed E-state index contributed by atoms with van der Waals surface area (Å²) >= 11 is 0. The molecule has 0 aliphatic rings. The van der Waals surface area contributed by atoms with Crippen LogP contribution >= 0.6 is 0 Å². The third-order valence-corrected chi connectivity index (χ3v) is 3.68. The average molecular weight is 388 g/mol. The highest BCUT2D eigenvalue weighted by molar-refractivity contribution is 6.67. The summed E-state index contributed by atoms with van der Waals surface area (Å²) in [5.41, 5.74) is 5.69. The number of alkyl halides is 3. The van der Waals surface area contributed by atoms with Gasteiger partial charge in [0, 0.05) is 19.1 Å². The number of carbonyl (C=O) groups is 1. The smallest absolute Gasteiger partial charge is 0.330 e. The summed E-state index contributed by atoms with van der Waals surface area (Å²) < 4.78 is 37.6. The average Bonchev–Trinajstić information content (AvgIpc) is 2.67. The highest BCUT2D eigenvalue weighted by Crippen LogP contribution is 2.30. The van der Waals surface area contributed by atoms with Crippen LogP contribution in [-0.2, 0) is 11.0 Å². The van der Waals surface area contributed by atoms with Crippen molar-refractivity contribution in [3.63, 3.8) is 0 Å². The number of nitrogens with one attached hydrogen (secondary N) is 1. The monoisotopic (exact) mass is 388 g/mol. The van der Waals surface area contributed by atoms with Crippen LogP contribution in [-0.4, -0.2) is 30.0 Å². The molecule has 8 heteroatoms. The lowest BCUT2D eigenvalue weighted by atomic mass is 10.1. The first-order valence-corrected chi connectivity index (χ1v) is 8.46. The zero-order chi connectivity index (χ0) is 20.6. The molecule has 0 spiro atoms. The van der Waals surface area contributed by atoms with Crippen LogP contribution in [0.15, 0.2) is 64.6 Å². The van der Waals surface area contributed by atoms with E-state index in [1.807, 2.05) is 6.07 Å². The van der Waals surface area contributed by atoms with E-state index in [0.717, 1.165) is 12.1 Å². The van der Waals surface area contributed by atoms with Gasteiger partial charge in [-0.25, -0.2) is 0 Å². The predicted molar refractivity (Wildman–Crippen MR) is 104 cm³/mol. The number of ketones is 1. The molecule has 2 aromatic rings. The molecule has 0 unspecified atom stereocenters. The number of halogens is 3. The van der Waals surface area contributed by atoms with E-state index in [4.69, 9.17) is 11.1 Å². The molecule has 0 radical (unpaired) electrons. The number of Topliss-reactive ketones (excluding diaryl/α,β-unsaturated/α-hetero) is 1. The van der Waals surface area contributed by atoms with E-state index in [2.05, 4.69) is 9.98 Å². The maximum absolute atomic E-state index is 12.5. The SMILES string of the molecule is N=C(C(=O)CC=Nc1ccc(C(F)(F)F)cc1)C(CCN)=Nc1ccccc1. The molecule has 2 rings (SSSR count). The van der Waals surface area contributed by atoms with Crippen LogP contribution < -0.4 is 5.73 Å². The molecule has 5 nitrogen and oxygen atoms in total. The molecule has 0 bridgehead atoms. The van der Waals surface area contributed by atoms with E-state index >= 15 is 0 Å². The number of carbonyl (C=O) groups excluding carboxylic acids is 1. The Morgan fingerprint density at radius 1 is 1.04 bits per heavy atom. The molecule has 0 saturated carbocycles. The van der Waals surface area contributed by atoms with Gasteiger partial charge in [0.1, 0.15) is 5.71 Å². The van der Waals surface area contributed by atoms with Gasteiger partial charge in [0.05, 0.1) is 22.6 Å². The van der Waals surface area contributed by atoms with Gasteiger partial charge in [-0.1, -0.05) is 18.2 Å². The second-order valence-electron chi connectivity index (χ2n) is 5.79. The lowest BCUT2D eigenvalue weighted by Crippen LogP contribution is -2.25. The van der Waals surface area contributed by atoms with Crippen molar-refractivity contribution >= 4 is 34.8 Å². The molecule has 0 fully saturated rings. The summed E-state index contributed by atoms with van der Waals surface area (Å²) in [5, 5.41) is 8.06. The second kappa shape index (κ2) is 9.70. The summed E-state index contributed by atoms with van der Waals surface area (Å²) in [7, 11) is 0. The molecule has 3 N–H and O–H groups in total. The van der Waals surface area contributed by atoms with Crippen molar-refractivity contribution in [1.82, 2.24) is 0 Å². The Kier molecular flexibility index (Phi) is 7.34. The zero-order valence-corrected chi connectivity index (χ0v) is 14.9. The molecular formula is C20H19F3N4O. The summed E-state index contributed by atoms with van der Waals surface area (Å²) in [4.78, 5) is 20.5. The van der Waals surface area contributed by atoms with E-state index in [-0.39, 0.29) is 36.5 Å². The normalized spacial score (nSPS) is 12.4. The molecule has 0 saturated heterocycles. The summed E-state index contributed by atoms with van der Waals surface area (Å²) in [6, 6.07) is 13.2. The minimum Gasteiger partial charge on any atom is -0.330 e. The first-order chi connectivity index (χ1) is 13.3. The van der Waals surface area contributed by atoms with Gasteiger partial charge in [-0.05, 0) is 42.9 Å². The minimum absolute atomic E-state index is 0.168. The van der Waals surface area contributed by atoms with Gasteiger partial charge in [-0.2, -0.15) is 13.2 Å². The fraction of sp³-hybridized carbons (Fsp3) is 0.200. The minimum atomic E-state index is -4.41. The van der Waals surface area contributed by atoms with E-state index in [1.54, 1.807) is 24.3 Å². The molecule has 28 heavy (non-hydrogen) atoms. The van der Waals surface area contributed by atoms with Crippen LogP contribution in [0.4, 0.5) is 24.5 Å². The number of benzene rings is 2. The van der Waals surface area contributed by atoms with Crippen molar-refractivity contribution in [3.05, 3.63) is 60.2 Å². The maximum atomic E-state index is 12.5. The van der Waals surface area contributed by atoms with Crippen LogP contribution in [0.3, 0.4) is 0 Å². The zero-order valence-electron chi connectivity index (χ0n) is 14.9. The van der Waals surface area contributed by atoms with Crippen molar-refractivity contribution in [2.24, 2.45) is 15.7 Å². The molecule has 0 heterocycles. The summed E-state index contributed by atoms with van der Waals surface area (Å²) in [6.45, 7) is 0.237. The first kappa shape index (κ1) is 21.2. The van der Waals surface area contributed by atoms with E-state index in [9.17, 15) is 18.0 Å². The summed E-state index contributed by atoms with van der Waals surface area (Å²) in [5.74, 6) is -0.501. The molecule has 0 aliphatic carbocycles. The van der Waals surface area contributed by atoms with Gasteiger partial charge in [0.25, 0.3) is 0 Å². The van der Waals surface area contributed by atoms with Gasteiger partial charge >= 0.3 is 6.18 Å². The van der Waals surface area contributed by atoms with Crippen LogP contribution in [0.25, 0.3) is 0 Å². The number of hydrogen-bond acceptors (Lipinski definition) is 5. The van der Waals surface area contributed by atoms with Gasteiger partial charge in [-0.3, -0.25) is 20.2 Å². The van der Waals surface area contributed by atoms with Gasteiger partial charge < -0.3 is 5.73 Å². The van der Waals surface area contributed by atoms with Gasteiger partial charge in [-0.15, -0.1) is 0 Å². The standard InChI is InChI=1S/C20H19F3N4O/c21-20(22,23)14-6-8-15(9-7-14)26-13-11-18(28)19(25)17(10-12-24)27-16-4-2-1-3-5-16/h1-9,13,25H,10-12,24H2. The Balaban J connectivity index is 2.03. The van der Waals surface area contributed by atoms with Crippen LogP contribution in [0.5, 0.6) is 0 Å².